The first-order valence-corrected chi connectivity index (χ1v) is 5.36. The van der Waals surface area contributed by atoms with Crippen LogP contribution in [-0.2, 0) is 9.47 Å². The maximum Gasteiger partial charge on any atom is 0.361 e. The Morgan fingerprint density at radius 2 is 1.68 bits per heavy atom. The molecule has 19 heavy (non-hydrogen) atoms. The zero-order valence-corrected chi connectivity index (χ0v) is 10.4. The van der Waals surface area contributed by atoms with Crippen LogP contribution in [0.4, 0.5) is 0 Å². The molecular weight excluding hydrogens is 250 g/mol. The number of para-hydroxylation sites is 1. The van der Waals surface area contributed by atoms with E-state index in [4.69, 9.17) is 0 Å². The second-order valence-corrected chi connectivity index (χ2v) is 3.52. The lowest BCUT2D eigenvalue weighted by Crippen LogP contribution is -2.15. The number of benzene rings is 1. The number of aromatic nitrogens is 3. The Hall–Kier alpha value is -2.70. The van der Waals surface area contributed by atoms with Crippen LogP contribution in [0.2, 0.25) is 0 Å². The molecule has 0 aliphatic carbocycles. The fourth-order valence-electron chi connectivity index (χ4n) is 1.55. The molecule has 2 rings (SSSR count). The molecule has 98 valence electrons. The standard InChI is InChI=1S/C12H11N3O4/c1-18-11(16)9-10(12(17)19-2)15(14-13-9)8-6-4-3-5-7-8/h3-7H,1-2H3. The predicted molar refractivity (Wildman–Crippen MR) is 64.0 cm³/mol. The highest BCUT2D eigenvalue weighted by atomic mass is 16.5. The molecule has 0 bridgehead atoms. The predicted octanol–water partition coefficient (Wildman–Crippen LogP) is 0.841. The van der Waals surface area contributed by atoms with Crippen LogP contribution in [-0.4, -0.2) is 41.2 Å². The zero-order chi connectivity index (χ0) is 13.8. The summed E-state index contributed by atoms with van der Waals surface area (Å²) in [7, 11) is 2.41. The molecule has 0 fully saturated rings. The van der Waals surface area contributed by atoms with E-state index in [9.17, 15) is 9.59 Å². The van der Waals surface area contributed by atoms with Crippen LogP contribution in [0.25, 0.3) is 5.69 Å². The highest BCUT2D eigenvalue weighted by Crippen LogP contribution is 2.14. The first kappa shape index (κ1) is 12.7. The van der Waals surface area contributed by atoms with Crippen LogP contribution < -0.4 is 0 Å². The van der Waals surface area contributed by atoms with Crippen molar-refractivity contribution in [3.63, 3.8) is 0 Å². The molecule has 0 spiro atoms. The Labute approximate surface area is 108 Å². The average Bonchev–Trinajstić information content (AvgIpc) is 2.91. The maximum atomic E-state index is 11.8. The SMILES string of the molecule is COC(=O)c1nnn(-c2ccccc2)c1C(=O)OC. The summed E-state index contributed by atoms with van der Waals surface area (Å²) in [6.07, 6.45) is 0. The summed E-state index contributed by atoms with van der Waals surface area (Å²) < 4.78 is 10.4. The number of ether oxygens (including phenoxy) is 2. The molecule has 0 aliphatic heterocycles. The van der Waals surface area contributed by atoms with Crippen LogP contribution >= 0.6 is 0 Å². The summed E-state index contributed by atoms with van der Waals surface area (Å²) in [5.41, 5.74) is 0.337. The van der Waals surface area contributed by atoms with Gasteiger partial charge in [0.2, 0.25) is 5.69 Å². The Kier molecular flexibility index (Phi) is 3.56. The van der Waals surface area contributed by atoms with Crippen molar-refractivity contribution in [3.8, 4) is 5.69 Å². The van der Waals surface area contributed by atoms with Crippen molar-refractivity contribution in [2.45, 2.75) is 0 Å². The van der Waals surface area contributed by atoms with E-state index in [1.165, 1.54) is 18.9 Å². The molecule has 0 amide bonds. The molecule has 1 aromatic carbocycles. The molecule has 1 heterocycles. The van der Waals surface area contributed by atoms with Crippen molar-refractivity contribution in [1.82, 2.24) is 15.0 Å². The Morgan fingerprint density at radius 3 is 2.26 bits per heavy atom. The highest BCUT2D eigenvalue weighted by Gasteiger charge is 2.27. The minimum absolute atomic E-state index is 0.0689. The van der Waals surface area contributed by atoms with E-state index in [1.54, 1.807) is 24.3 Å². The third kappa shape index (κ3) is 2.30. The lowest BCUT2D eigenvalue weighted by molar-refractivity contribution is 0.0546. The van der Waals surface area contributed by atoms with Gasteiger partial charge in [-0.1, -0.05) is 23.4 Å². The van der Waals surface area contributed by atoms with Gasteiger partial charge in [-0.15, -0.1) is 5.10 Å². The lowest BCUT2D eigenvalue weighted by atomic mass is 10.3. The summed E-state index contributed by atoms with van der Waals surface area (Å²) in [6, 6.07) is 8.82. The van der Waals surface area contributed by atoms with E-state index in [2.05, 4.69) is 19.8 Å². The minimum Gasteiger partial charge on any atom is -0.464 e. The van der Waals surface area contributed by atoms with Crippen LogP contribution in [0.5, 0.6) is 0 Å². The third-order valence-electron chi connectivity index (χ3n) is 2.43. The normalized spacial score (nSPS) is 10.0. The van der Waals surface area contributed by atoms with E-state index < -0.39 is 11.9 Å². The Balaban J connectivity index is 2.60. The molecule has 7 nitrogen and oxygen atoms in total. The number of carbonyl (C=O) groups excluding carboxylic acids is 2. The van der Waals surface area contributed by atoms with Gasteiger partial charge in [0.15, 0.2) is 5.69 Å². The van der Waals surface area contributed by atoms with Gasteiger partial charge >= 0.3 is 11.9 Å². The first-order chi connectivity index (χ1) is 9.19. The number of carbonyl (C=O) groups is 2. The largest absolute Gasteiger partial charge is 0.464 e. The van der Waals surface area contributed by atoms with E-state index in [0.717, 1.165) is 0 Å². The molecule has 7 heteroatoms. The molecule has 0 saturated heterocycles. The Bertz CT molecular complexity index is 607. The number of nitrogens with zero attached hydrogens (tertiary/aromatic N) is 3. The topological polar surface area (TPSA) is 83.3 Å². The van der Waals surface area contributed by atoms with Gasteiger partial charge in [-0.2, -0.15) is 0 Å². The Morgan fingerprint density at radius 1 is 1.05 bits per heavy atom. The monoisotopic (exact) mass is 261 g/mol. The minimum atomic E-state index is -0.748. The molecule has 2 aromatic rings. The van der Waals surface area contributed by atoms with Gasteiger partial charge in [0.1, 0.15) is 0 Å². The summed E-state index contributed by atoms with van der Waals surface area (Å²) >= 11 is 0. The molecule has 0 atom stereocenters. The van der Waals surface area contributed by atoms with E-state index in [1.807, 2.05) is 6.07 Å². The van der Waals surface area contributed by atoms with E-state index >= 15 is 0 Å². The molecule has 0 aliphatic rings. The zero-order valence-electron chi connectivity index (χ0n) is 10.4. The van der Waals surface area contributed by atoms with Crippen molar-refractivity contribution >= 4 is 11.9 Å². The number of esters is 2. The summed E-state index contributed by atoms with van der Waals surface area (Å²) in [6.45, 7) is 0. The van der Waals surface area contributed by atoms with Gasteiger partial charge in [-0.05, 0) is 12.1 Å². The lowest BCUT2D eigenvalue weighted by Gasteiger charge is -2.05. The molecule has 0 unspecified atom stereocenters. The number of methoxy groups -OCH3 is 2. The maximum absolute atomic E-state index is 11.8. The van der Waals surface area contributed by atoms with Gasteiger partial charge in [0.05, 0.1) is 19.9 Å². The van der Waals surface area contributed by atoms with Gasteiger partial charge in [-0.25, -0.2) is 14.3 Å². The van der Waals surface area contributed by atoms with Gasteiger partial charge in [0, 0.05) is 0 Å². The molecule has 0 radical (unpaired) electrons. The van der Waals surface area contributed by atoms with Crippen LogP contribution in [0.1, 0.15) is 21.0 Å². The summed E-state index contributed by atoms with van der Waals surface area (Å²) in [5.74, 6) is -1.46. The number of hydrogen-bond donors (Lipinski definition) is 0. The second-order valence-electron chi connectivity index (χ2n) is 3.52. The number of hydrogen-bond acceptors (Lipinski definition) is 6. The van der Waals surface area contributed by atoms with Gasteiger partial charge in [-0.3, -0.25) is 0 Å². The van der Waals surface area contributed by atoms with Crippen molar-refractivity contribution in [1.29, 1.82) is 0 Å². The van der Waals surface area contributed by atoms with Crippen LogP contribution in [0.3, 0.4) is 0 Å². The molecule has 1 aromatic heterocycles. The number of rotatable bonds is 3. The van der Waals surface area contributed by atoms with Crippen molar-refractivity contribution in [3.05, 3.63) is 41.7 Å². The van der Waals surface area contributed by atoms with Crippen molar-refractivity contribution in [2.75, 3.05) is 14.2 Å². The van der Waals surface area contributed by atoms with Crippen molar-refractivity contribution in [2.24, 2.45) is 0 Å². The molecule has 0 N–H and O–H groups in total. The smallest absolute Gasteiger partial charge is 0.361 e. The fourth-order valence-corrected chi connectivity index (χ4v) is 1.55. The van der Waals surface area contributed by atoms with Gasteiger partial charge < -0.3 is 9.47 Å². The third-order valence-corrected chi connectivity index (χ3v) is 2.43. The van der Waals surface area contributed by atoms with Crippen LogP contribution in [0, 0.1) is 0 Å². The average molecular weight is 261 g/mol. The quantitative estimate of drug-likeness (QED) is 0.761. The first-order valence-electron chi connectivity index (χ1n) is 5.36. The van der Waals surface area contributed by atoms with E-state index in [0.29, 0.717) is 5.69 Å². The molecule has 0 saturated carbocycles. The van der Waals surface area contributed by atoms with Gasteiger partial charge in [0.25, 0.3) is 0 Å². The van der Waals surface area contributed by atoms with Crippen LogP contribution in [0.15, 0.2) is 30.3 Å². The molecular formula is C12H11N3O4. The highest BCUT2D eigenvalue weighted by molar-refractivity contribution is 6.00. The van der Waals surface area contributed by atoms with E-state index in [-0.39, 0.29) is 11.4 Å². The second kappa shape index (κ2) is 5.30. The summed E-state index contributed by atoms with van der Waals surface area (Å²) in [5, 5.41) is 7.46. The fraction of sp³-hybridized carbons (Fsp3) is 0.167. The van der Waals surface area contributed by atoms with Crippen molar-refractivity contribution < 1.29 is 19.1 Å². The summed E-state index contributed by atoms with van der Waals surface area (Å²) in [4.78, 5) is 23.3.